The molecular formula is C6H9FN4. The predicted octanol–water partition coefficient (Wildman–Crippen LogP) is 0.264. The monoisotopic (exact) mass is 156 g/mol. The fraction of sp³-hybridized carbons (Fsp3) is 0.333. The van der Waals surface area contributed by atoms with E-state index in [9.17, 15) is 4.39 Å². The highest BCUT2D eigenvalue weighted by Crippen LogP contribution is 2.07. The summed E-state index contributed by atoms with van der Waals surface area (Å²) < 4.78 is 12.5. The Balaban J connectivity index is 3.08. The molecule has 60 valence electrons. The van der Waals surface area contributed by atoms with E-state index in [-0.39, 0.29) is 11.8 Å². The predicted molar refractivity (Wildman–Crippen MR) is 40.7 cm³/mol. The number of hydrogen-bond acceptors (Lipinski definition) is 4. The second kappa shape index (κ2) is 2.69. The van der Waals surface area contributed by atoms with Gasteiger partial charge in [-0.1, -0.05) is 0 Å². The molecule has 1 heterocycles. The fourth-order valence-electron chi connectivity index (χ4n) is 0.623. The summed E-state index contributed by atoms with van der Waals surface area (Å²) in [7, 11) is 3.43. The number of nitrogen functional groups attached to an aromatic ring is 1. The van der Waals surface area contributed by atoms with Crippen molar-refractivity contribution in [3.63, 3.8) is 0 Å². The molecule has 1 rings (SSSR count). The van der Waals surface area contributed by atoms with Crippen LogP contribution in [0.4, 0.5) is 16.2 Å². The second-order valence-corrected chi connectivity index (χ2v) is 2.31. The molecule has 0 unspecified atom stereocenters. The lowest BCUT2D eigenvalue weighted by Crippen LogP contribution is -2.14. The minimum atomic E-state index is -0.610. The minimum Gasteiger partial charge on any atom is -0.383 e. The smallest absolute Gasteiger partial charge is 0.229 e. The van der Waals surface area contributed by atoms with Crippen LogP contribution in [0.5, 0.6) is 0 Å². The van der Waals surface area contributed by atoms with Gasteiger partial charge in [0.15, 0.2) is 0 Å². The largest absolute Gasteiger partial charge is 0.383 e. The molecule has 0 aliphatic heterocycles. The molecule has 0 saturated heterocycles. The van der Waals surface area contributed by atoms with Crippen LogP contribution in [0.3, 0.4) is 0 Å². The summed E-state index contributed by atoms with van der Waals surface area (Å²) in [6.45, 7) is 0. The Morgan fingerprint density at radius 3 is 2.55 bits per heavy atom. The number of halogens is 1. The molecule has 1 aromatic heterocycles. The highest BCUT2D eigenvalue weighted by Gasteiger charge is 2.02. The molecule has 2 N–H and O–H groups in total. The number of rotatable bonds is 1. The van der Waals surface area contributed by atoms with E-state index in [1.54, 1.807) is 19.0 Å². The Labute approximate surface area is 63.9 Å². The molecule has 1 aromatic rings. The average Bonchev–Trinajstić information content (AvgIpc) is 1.85. The molecule has 4 nitrogen and oxygen atoms in total. The van der Waals surface area contributed by atoms with E-state index in [0.29, 0.717) is 0 Å². The first-order valence-electron chi connectivity index (χ1n) is 3.07. The molecule has 0 aliphatic carbocycles. The van der Waals surface area contributed by atoms with Gasteiger partial charge >= 0.3 is 0 Å². The summed E-state index contributed by atoms with van der Waals surface area (Å²) in [5, 5.41) is 0. The van der Waals surface area contributed by atoms with Crippen molar-refractivity contribution in [3.05, 3.63) is 12.0 Å². The van der Waals surface area contributed by atoms with E-state index in [1.165, 1.54) is 0 Å². The zero-order valence-electron chi connectivity index (χ0n) is 6.37. The van der Waals surface area contributed by atoms with Crippen LogP contribution in [-0.2, 0) is 0 Å². The Morgan fingerprint density at radius 2 is 2.09 bits per heavy atom. The number of aromatic nitrogens is 2. The molecule has 0 fully saturated rings. The summed E-state index contributed by atoms with van der Waals surface area (Å²) in [5.74, 6) is -0.190. The summed E-state index contributed by atoms with van der Waals surface area (Å²) in [4.78, 5) is 8.87. The van der Waals surface area contributed by atoms with Gasteiger partial charge in [0.2, 0.25) is 11.9 Å². The van der Waals surface area contributed by atoms with Crippen molar-refractivity contribution in [1.29, 1.82) is 0 Å². The van der Waals surface area contributed by atoms with E-state index in [2.05, 4.69) is 9.97 Å². The van der Waals surface area contributed by atoms with Crippen LogP contribution in [0.1, 0.15) is 0 Å². The van der Waals surface area contributed by atoms with Gasteiger partial charge in [0.25, 0.3) is 0 Å². The molecule has 11 heavy (non-hydrogen) atoms. The molecule has 0 amide bonds. The van der Waals surface area contributed by atoms with Crippen molar-refractivity contribution >= 4 is 11.8 Å². The quantitative estimate of drug-likeness (QED) is 0.593. The van der Waals surface area contributed by atoms with E-state index in [4.69, 9.17) is 5.73 Å². The zero-order chi connectivity index (χ0) is 8.43. The molecule has 0 aliphatic rings. The lowest BCUT2D eigenvalue weighted by molar-refractivity contribution is 0.580. The van der Waals surface area contributed by atoms with Crippen molar-refractivity contribution in [3.8, 4) is 0 Å². The van der Waals surface area contributed by atoms with E-state index in [0.717, 1.165) is 6.07 Å². The Morgan fingerprint density at radius 1 is 1.45 bits per heavy atom. The van der Waals surface area contributed by atoms with Crippen molar-refractivity contribution in [1.82, 2.24) is 9.97 Å². The van der Waals surface area contributed by atoms with Crippen LogP contribution in [0.2, 0.25) is 0 Å². The molecule has 0 saturated carbocycles. The van der Waals surface area contributed by atoms with Gasteiger partial charge < -0.3 is 10.6 Å². The van der Waals surface area contributed by atoms with Gasteiger partial charge in [0, 0.05) is 20.2 Å². The average molecular weight is 156 g/mol. The van der Waals surface area contributed by atoms with Gasteiger partial charge in [-0.05, 0) is 0 Å². The van der Waals surface area contributed by atoms with Gasteiger partial charge in [-0.25, -0.2) is 0 Å². The molecule has 0 radical (unpaired) electrons. The van der Waals surface area contributed by atoms with Gasteiger partial charge in [0.1, 0.15) is 5.82 Å². The number of nitrogens with two attached hydrogens (primary N) is 1. The van der Waals surface area contributed by atoms with Gasteiger partial charge in [-0.3, -0.25) is 0 Å². The van der Waals surface area contributed by atoms with E-state index in [1.807, 2.05) is 0 Å². The molecular weight excluding hydrogens is 147 g/mol. The standard InChI is InChI=1S/C6H9FN4/c1-11(2)6-9-4(7)3-5(8)10-6/h3H,1-2H3,(H2,8,9,10). The SMILES string of the molecule is CN(C)c1nc(N)cc(F)n1. The molecule has 0 spiro atoms. The number of hydrogen-bond donors (Lipinski definition) is 1. The van der Waals surface area contributed by atoms with Crippen LogP contribution in [0.15, 0.2) is 6.07 Å². The van der Waals surface area contributed by atoms with Crippen LogP contribution in [0, 0.1) is 5.95 Å². The topological polar surface area (TPSA) is 55.0 Å². The van der Waals surface area contributed by atoms with E-state index >= 15 is 0 Å². The van der Waals surface area contributed by atoms with Crippen LogP contribution >= 0.6 is 0 Å². The van der Waals surface area contributed by atoms with Crippen molar-refractivity contribution in [2.45, 2.75) is 0 Å². The molecule has 5 heteroatoms. The third-order valence-electron chi connectivity index (χ3n) is 1.10. The van der Waals surface area contributed by atoms with Crippen molar-refractivity contribution in [2.75, 3.05) is 24.7 Å². The first-order chi connectivity index (χ1) is 5.09. The van der Waals surface area contributed by atoms with Crippen LogP contribution in [-0.4, -0.2) is 24.1 Å². The summed E-state index contributed by atoms with van der Waals surface area (Å²) >= 11 is 0. The third-order valence-corrected chi connectivity index (χ3v) is 1.10. The van der Waals surface area contributed by atoms with Gasteiger partial charge in [-0.15, -0.1) is 0 Å². The van der Waals surface area contributed by atoms with Crippen molar-refractivity contribution < 1.29 is 4.39 Å². The van der Waals surface area contributed by atoms with Gasteiger partial charge in [0.05, 0.1) is 0 Å². The first kappa shape index (κ1) is 7.71. The fourth-order valence-corrected chi connectivity index (χ4v) is 0.623. The Bertz CT molecular complexity index is 241. The van der Waals surface area contributed by atoms with Crippen molar-refractivity contribution in [2.24, 2.45) is 0 Å². The van der Waals surface area contributed by atoms with Gasteiger partial charge in [-0.2, -0.15) is 14.4 Å². The highest BCUT2D eigenvalue weighted by atomic mass is 19.1. The molecule has 0 atom stereocenters. The first-order valence-corrected chi connectivity index (χ1v) is 3.07. The summed E-state index contributed by atoms with van der Waals surface area (Å²) in [6.07, 6.45) is 0. The second-order valence-electron chi connectivity index (χ2n) is 2.31. The lowest BCUT2D eigenvalue weighted by Gasteiger charge is -2.09. The number of anilines is 2. The maximum Gasteiger partial charge on any atom is 0.229 e. The van der Waals surface area contributed by atoms with Crippen LogP contribution < -0.4 is 10.6 Å². The highest BCUT2D eigenvalue weighted by molar-refractivity contribution is 5.36. The molecule has 0 aromatic carbocycles. The summed E-state index contributed by atoms with van der Waals surface area (Å²) in [6, 6.07) is 1.08. The number of nitrogens with zero attached hydrogens (tertiary/aromatic N) is 3. The molecule has 0 bridgehead atoms. The zero-order valence-corrected chi connectivity index (χ0v) is 6.37. The Hall–Kier alpha value is -1.39. The Kier molecular flexibility index (Phi) is 1.89. The van der Waals surface area contributed by atoms with Crippen LogP contribution in [0.25, 0.3) is 0 Å². The maximum atomic E-state index is 12.5. The maximum absolute atomic E-state index is 12.5. The van der Waals surface area contributed by atoms with E-state index < -0.39 is 5.95 Å². The lowest BCUT2D eigenvalue weighted by atomic mass is 10.6. The normalized spacial score (nSPS) is 9.73. The summed E-state index contributed by atoms with van der Waals surface area (Å²) in [5.41, 5.74) is 5.28. The third kappa shape index (κ3) is 1.76. The minimum absolute atomic E-state index is 0.140.